The first-order valence-electron chi connectivity index (χ1n) is 5.46. The summed E-state index contributed by atoms with van der Waals surface area (Å²) in [6.45, 7) is 3.33. The van der Waals surface area contributed by atoms with Gasteiger partial charge < -0.3 is 22.1 Å². The van der Waals surface area contributed by atoms with Crippen LogP contribution in [0.1, 0.15) is 20.3 Å². The van der Waals surface area contributed by atoms with E-state index in [0.29, 0.717) is 0 Å². The van der Waals surface area contributed by atoms with Crippen molar-refractivity contribution >= 4 is 17.7 Å². The molecule has 7 nitrogen and oxygen atoms in total. The number of rotatable bonds is 7. The van der Waals surface area contributed by atoms with Gasteiger partial charge in [0.05, 0.1) is 19.1 Å². The summed E-state index contributed by atoms with van der Waals surface area (Å²) in [6, 6.07) is -0.635. The first-order chi connectivity index (χ1) is 7.88. The van der Waals surface area contributed by atoms with Crippen LogP contribution in [0.3, 0.4) is 0 Å². The Morgan fingerprint density at radius 2 is 1.76 bits per heavy atom. The molecule has 3 amide bonds. The maximum Gasteiger partial charge on any atom is 0.239 e. The molecule has 0 fully saturated rings. The topological polar surface area (TPSA) is 127 Å². The fourth-order valence-electron chi connectivity index (χ4n) is 1.05. The number of hydrogen-bond acceptors (Lipinski definition) is 4. The van der Waals surface area contributed by atoms with Gasteiger partial charge in [-0.1, -0.05) is 20.3 Å². The van der Waals surface area contributed by atoms with E-state index in [-0.39, 0.29) is 24.9 Å². The summed E-state index contributed by atoms with van der Waals surface area (Å²) in [4.78, 5) is 33.0. The first-order valence-corrected chi connectivity index (χ1v) is 5.46. The van der Waals surface area contributed by atoms with Crippen LogP contribution in [0.2, 0.25) is 0 Å². The minimum Gasteiger partial charge on any atom is -0.368 e. The van der Waals surface area contributed by atoms with Crippen molar-refractivity contribution in [1.82, 2.24) is 10.6 Å². The average Bonchev–Trinajstić information content (AvgIpc) is 2.31. The number of nitrogens with two attached hydrogens (primary N) is 2. The van der Waals surface area contributed by atoms with Gasteiger partial charge in [0.25, 0.3) is 0 Å². The quantitative estimate of drug-likeness (QED) is 0.416. The molecule has 0 bridgehead atoms. The SMILES string of the molecule is CC[C@@H](C)[C@H](N)C(=O)NCC(=O)NCC(N)=O. The van der Waals surface area contributed by atoms with Gasteiger partial charge in [-0.3, -0.25) is 14.4 Å². The highest BCUT2D eigenvalue weighted by atomic mass is 16.2. The van der Waals surface area contributed by atoms with Crippen LogP contribution in [-0.2, 0) is 14.4 Å². The molecule has 98 valence electrons. The van der Waals surface area contributed by atoms with E-state index in [4.69, 9.17) is 11.5 Å². The van der Waals surface area contributed by atoms with E-state index in [1.165, 1.54) is 0 Å². The van der Waals surface area contributed by atoms with Gasteiger partial charge in [0.1, 0.15) is 0 Å². The molecule has 0 aromatic rings. The smallest absolute Gasteiger partial charge is 0.239 e. The van der Waals surface area contributed by atoms with Gasteiger partial charge in [-0.05, 0) is 5.92 Å². The van der Waals surface area contributed by atoms with E-state index in [0.717, 1.165) is 6.42 Å². The van der Waals surface area contributed by atoms with Crippen LogP contribution in [-0.4, -0.2) is 36.9 Å². The minimum atomic E-state index is -0.638. The van der Waals surface area contributed by atoms with Gasteiger partial charge >= 0.3 is 0 Å². The maximum absolute atomic E-state index is 11.5. The van der Waals surface area contributed by atoms with Crippen LogP contribution in [0.15, 0.2) is 0 Å². The Morgan fingerprint density at radius 3 is 2.24 bits per heavy atom. The molecule has 0 aromatic carbocycles. The highest BCUT2D eigenvalue weighted by Crippen LogP contribution is 2.04. The van der Waals surface area contributed by atoms with Crippen molar-refractivity contribution in [1.29, 1.82) is 0 Å². The Morgan fingerprint density at radius 1 is 1.18 bits per heavy atom. The summed E-state index contributed by atoms with van der Waals surface area (Å²) in [5.74, 6) is -1.45. The summed E-state index contributed by atoms with van der Waals surface area (Å²) < 4.78 is 0. The van der Waals surface area contributed by atoms with Crippen molar-refractivity contribution < 1.29 is 14.4 Å². The van der Waals surface area contributed by atoms with Gasteiger partial charge in [-0.2, -0.15) is 0 Å². The zero-order valence-electron chi connectivity index (χ0n) is 10.2. The Hall–Kier alpha value is -1.63. The van der Waals surface area contributed by atoms with Crippen LogP contribution in [0.4, 0.5) is 0 Å². The predicted octanol–water partition coefficient (Wildman–Crippen LogP) is -1.92. The summed E-state index contributed by atoms with van der Waals surface area (Å²) in [7, 11) is 0. The normalized spacial score (nSPS) is 13.6. The van der Waals surface area contributed by atoms with Gasteiger partial charge in [0.15, 0.2) is 0 Å². The molecule has 0 aliphatic rings. The van der Waals surface area contributed by atoms with Crippen LogP contribution >= 0.6 is 0 Å². The van der Waals surface area contributed by atoms with E-state index in [9.17, 15) is 14.4 Å². The van der Waals surface area contributed by atoms with Crippen molar-refractivity contribution in [3.05, 3.63) is 0 Å². The molecular weight excluding hydrogens is 224 g/mol. The van der Waals surface area contributed by atoms with Gasteiger partial charge in [0.2, 0.25) is 17.7 Å². The molecule has 0 saturated heterocycles. The van der Waals surface area contributed by atoms with Gasteiger partial charge in [-0.15, -0.1) is 0 Å². The summed E-state index contributed by atoms with van der Waals surface area (Å²) in [6.07, 6.45) is 0.780. The molecule has 17 heavy (non-hydrogen) atoms. The lowest BCUT2D eigenvalue weighted by molar-refractivity contribution is -0.128. The fourth-order valence-corrected chi connectivity index (χ4v) is 1.05. The van der Waals surface area contributed by atoms with Crippen LogP contribution in [0.5, 0.6) is 0 Å². The second kappa shape index (κ2) is 7.61. The second-order valence-corrected chi connectivity index (χ2v) is 3.87. The summed E-state index contributed by atoms with van der Waals surface area (Å²) in [5, 5.41) is 4.64. The Balaban J connectivity index is 3.91. The lowest BCUT2D eigenvalue weighted by Crippen LogP contribution is -2.48. The predicted molar refractivity (Wildman–Crippen MR) is 62.6 cm³/mol. The van der Waals surface area contributed by atoms with Crippen LogP contribution in [0.25, 0.3) is 0 Å². The van der Waals surface area contributed by atoms with E-state index < -0.39 is 17.9 Å². The molecule has 0 spiro atoms. The molecule has 0 radical (unpaired) electrons. The monoisotopic (exact) mass is 244 g/mol. The Bertz CT molecular complexity index is 293. The third-order valence-electron chi connectivity index (χ3n) is 2.44. The van der Waals surface area contributed by atoms with Crippen molar-refractivity contribution in [2.45, 2.75) is 26.3 Å². The summed E-state index contributed by atoms with van der Waals surface area (Å²) in [5.41, 5.74) is 10.5. The van der Waals surface area contributed by atoms with E-state index in [1.54, 1.807) is 0 Å². The molecule has 0 aliphatic heterocycles. The first kappa shape index (κ1) is 15.4. The number of nitrogens with one attached hydrogen (secondary N) is 2. The van der Waals surface area contributed by atoms with Crippen LogP contribution < -0.4 is 22.1 Å². The third-order valence-corrected chi connectivity index (χ3v) is 2.44. The van der Waals surface area contributed by atoms with E-state index in [2.05, 4.69) is 10.6 Å². The van der Waals surface area contributed by atoms with E-state index >= 15 is 0 Å². The number of amides is 3. The number of carbonyl (C=O) groups excluding carboxylic acids is 3. The van der Waals surface area contributed by atoms with Gasteiger partial charge in [-0.25, -0.2) is 0 Å². The number of carbonyl (C=O) groups is 3. The lowest BCUT2D eigenvalue weighted by Gasteiger charge is -2.17. The largest absolute Gasteiger partial charge is 0.368 e. The third kappa shape index (κ3) is 6.52. The van der Waals surface area contributed by atoms with Crippen LogP contribution in [0, 0.1) is 5.92 Å². The number of hydrogen-bond donors (Lipinski definition) is 4. The summed E-state index contributed by atoms with van der Waals surface area (Å²) >= 11 is 0. The molecule has 0 aliphatic carbocycles. The average molecular weight is 244 g/mol. The van der Waals surface area contributed by atoms with E-state index in [1.807, 2.05) is 13.8 Å². The Kier molecular flexibility index (Phi) is 6.88. The standard InChI is InChI=1S/C10H20N4O3/c1-3-6(2)9(12)10(17)14-5-8(16)13-4-7(11)15/h6,9H,3-5,12H2,1-2H3,(H2,11,15)(H,13,16)(H,14,17)/t6-,9+/m1/s1. The zero-order chi connectivity index (χ0) is 13.4. The van der Waals surface area contributed by atoms with Crippen molar-refractivity contribution in [2.24, 2.45) is 17.4 Å². The fraction of sp³-hybridized carbons (Fsp3) is 0.700. The molecule has 6 N–H and O–H groups in total. The molecule has 0 heterocycles. The zero-order valence-corrected chi connectivity index (χ0v) is 10.2. The molecule has 0 rings (SSSR count). The minimum absolute atomic E-state index is 0.0451. The number of primary amides is 1. The molecule has 2 atom stereocenters. The molecular formula is C10H20N4O3. The van der Waals surface area contributed by atoms with Crippen molar-refractivity contribution in [2.75, 3.05) is 13.1 Å². The lowest BCUT2D eigenvalue weighted by atomic mass is 9.99. The highest BCUT2D eigenvalue weighted by molar-refractivity contribution is 5.89. The molecule has 0 unspecified atom stereocenters. The molecule has 7 heteroatoms. The Labute approximate surface area is 100 Å². The van der Waals surface area contributed by atoms with Gasteiger partial charge in [0, 0.05) is 0 Å². The molecule has 0 saturated carbocycles. The van der Waals surface area contributed by atoms with Crippen molar-refractivity contribution in [3.63, 3.8) is 0 Å². The maximum atomic E-state index is 11.5. The second-order valence-electron chi connectivity index (χ2n) is 3.87. The highest BCUT2D eigenvalue weighted by Gasteiger charge is 2.19. The molecule has 0 aromatic heterocycles. The van der Waals surface area contributed by atoms with Crippen molar-refractivity contribution in [3.8, 4) is 0 Å².